The van der Waals surface area contributed by atoms with Gasteiger partial charge in [-0.25, -0.2) is 0 Å². The molecule has 3 aromatic rings. The fourth-order valence-corrected chi connectivity index (χ4v) is 7.24. The van der Waals surface area contributed by atoms with Gasteiger partial charge in [0.2, 0.25) is 4.21 Å². The van der Waals surface area contributed by atoms with Crippen molar-refractivity contribution in [3.8, 4) is 0 Å². The van der Waals surface area contributed by atoms with Crippen LogP contribution in [-0.2, 0) is 10.9 Å². The van der Waals surface area contributed by atoms with Crippen LogP contribution in [0.15, 0.2) is 86.1 Å². The standard InChI is InChI=1S/C22H23S2/c1-4-10-18(11-5-1)19-16-22(23-17-19)24(20-12-6-2-7-13-20)21-14-8-3-9-15-21/h2-3,6-9,12-18H,1,4-5,10-11H2/q+1. The van der Waals surface area contributed by atoms with E-state index in [1.165, 1.54) is 46.1 Å². The molecule has 1 saturated carbocycles. The second kappa shape index (κ2) is 7.58. The molecule has 0 bridgehead atoms. The number of thiophene rings is 1. The fraction of sp³-hybridized carbons (Fsp3) is 0.273. The summed E-state index contributed by atoms with van der Waals surface area (Å²) in [5, 5.41) is 2.43. The zero-order valence-corrected chi connectivity index (χ0v) is 15.5. The third-order valence-corrected chi connectivity index (χ3v) is 8.37. The first-order chi connectivity index (χ1) is 11.9. The topological polar surface area (TPSA) is 0 Å². The molecule has 1 fully saturated rings. The Hall–Kier alpha value is -1.51. The van der Waals surface area contributed by atoms with Gasteiger partial charge in [0, 0.05) is 6.07 Å². The average Bonchev–Trinajstić information content (AvgIpc) is 3.14. The van der Waals surface area contributed by atoms with Gasteiger partial charge in [-0.1, -0.05) is 67.0 Å². The first-order valence-electron chi connectivity index (χ1n) is 8.84. The molecule has 0 radical (unpaired) electrons. The van der Waals surface area contributed by atoms with E-state index in [1.54, 1.807) is 5.56 Å². The molecule has 0 N–H and O–H groups in total. The van der Waals surface area contributed by atoms with Gasteiger partial charge in [0.05, 0.1) is 0 Å². The molecule has 2 heteroatoms. The van der Waals surface area contributed by atoms with E-state index in [-0.39, 0.29) is 10.9 Å². The van der Waals surface area contributed by atoms with Crippen LogP contribution in [0.5, 0.6) is 0 Å². The largest absolute Gasteiger partial charge is 0.220 e. The van der Waals surface area contributed by atoms with Crippen molar-refractivity contribution in [1.82, 2.24) is 0 Å². The van der Waals surface area contributed by atoms with Gasteiger partial charge in [0.15, 0.2) is 9.79 Å². The smallest absolute Gasteiger partial charge is 0.0933 e. The summed E-state index contributed by atoms with van der Waals surface area (Å²) in [4.78, 5) is 2.83. The molecule has 24 heavy (non-hydrogen) atoms. The van der Waals surface area contributed by atoms with Gasteiger partial charge in [0.25, 0.3) is 0 Å². The van der Waals surface area contributed by atoms with Crippen LogP contribution >= 0.6 is 11.3 Å². The van der Waals surface area contributed by atoms with Crippen LogP contribution in [0.3, 0.4) is 0 Å². The van der Waals surface area contributed by atoms with Gasteiger partial charge in [-0.05, 0) is 54.0 Å². The van der Waals surface area contributed by atoms with Crippen LogP contribution in [0.1, 0.15) is 43.6 Å². The molecule has 122 valence electrons. The van der Waals surface area contributed by atoms with Crippen molar-refractivity contribution in [2.24, 2.45) is 0 Å². The lowest BCUT2D eigenvalue weighted by atomic mass is 9.85. The Kier molecular flexibility index (Phi) is 5.05. The number of hydrogen-bond acceptors (Lipinski definition) is 1. The molecular weight excluding hydrogens is 328 g/mol. The first kappa shape index (κ1) is 16.0. The normalized spacial score (nSPS) is 15.7. The number of hydrogen-bond donors (Lipinski definition) is 0. The molecule has 0 saturated heterocycles. The predicted octanol–water partition coefficient (Wildman–Crippen LogP) is 6.89. The highest BCUT2D eigenvalue weighted by Crippen LogP contribution is 2.40. The average molecular weight is 352 g/mol. The maximum atomic E-state index is 2.50. The van der Waals surface area contributed by atoms with Gasteiger partial charge >= 0.3 is 0 Å². The molecule has 1 aliphatic carbocycles. The highest BCUT2D eigenvalue weighted by atomic mass is 32.2. The van der Waals surface area contributed by atoms with Crippen LogP contribution in [0.2, 0.25) is 0 Å². The van der Waals surface area contributed by atoms with Crippen molar-refractivity contribution in [2.45, 2.75) is 52.0 Å². The van der Waals surface area contributed by atoms with E-state index in [4.69, 9.17) is 0 Å². The van der Waals surface area contributed by atoms with E-state index in [0.717, 1.165) is 5.92 Å². The third-order valence-electron chi connectivity index (χ3n) is 4.83. The van der Waals surface area contributed by atoms with Gasteiger partial charge < -0.3 is 0 Å². The molecule has 2 aromatic carbocycles. The number of benzene rings is 2. The van der Waals surface area contributed by atoms with Crippen molar-refractivity contribution < 1.29 is 0 Å². The fourth-order valence-electron chi connectivity index (χ4n) is 3.57. The molecule has 0 spiro atoms. The van der Waals surface area contributed by atoms with Crippen LogP contribution < -0.4 is 0 Å². The minimum atomic E-state index is 0.0203. The zero-order valence-electron chi connectivity index (χ0n) is 13.9. The minimum absolute atomic E-state index is 0.0203. The van der Waals surface area contributed by atoms with E-state index < -0.39 is 0 Å². The summed E-state index contributed by atoms with van der Waals surface area (Å²) in [5.41, 5.74) is 1.58. The Morgan fingerprint density at radius 1 is 0.750 bits per heavy atom. The lowest BCUT2D eigenvalue weighted by molar-refractivity contribution is 0.444. The SMILES string of the molecule is c1ccc([S+](c2ccccc2)c2cc(C3CCCCC3)cs2)cc1. The van der Waals surface area contributed by atoms with Crippen LogP contribution in [0.4, 0.5) is 0 Å². The lowest BCUT2D eigenvalue weighted by Gasteiger charge is -2.20. The van der Waals surface area contributed by atoms with Crippen molar-refractivity contribution in [3.05, 3.63) is 77.7 Å². The van der Waals surface area contributed by atoms with Crippen LogP contribution in [0, 0.1) is 0 Å². The van der Waals surface area contributed by atoms with E-state index in [2.05, 4.69) is 72.1 Å². The zero-order chi connectivity index (χ0) is 16.2. The van der Waals surface area contributed by atoms with Crippen molar-refractivity contribution in [2.75, 3.05) is 0 Å². The van der Waals surface area contributed by atoms with E-state index in [0.29, 0.717) is 0 Å². The van der Waals surface area contributed by atoms with Gasteiger partial charge in [-0.15, -0.1) is 0 Å². The second-order valence-electron chi connectivity index (χ2n) is 6.47. The lowest BCUT2D eigenvalue weighted by Crippen LogP contribution is -2.04. The summed E-state index contributed by atoms with van der Waals surface area (Å²) >= 11 is 1.95. The first-order valence-corrected chi connectivity index (χ1v) is 10.9. The summed E-state index contributed by atoms with van der Waals surface area (Å²) in [6.45, 7) is 0. The van der Waals surface area contributed by atoms with Crippen LogP contribution in [0.25, 0.3) is 0 Å². The third kappa shape index (κ3) is 3.45. The Morgan fingerprint density at radius 3 is 1.92 bits per heavy atom. The predicted molar refractivity (Wildman–Crippen MR) is 105 cm³/mol. The molecular formula is C22H23S2+. The Labute approximate surface area is 151 Å². The maximum Gasteiger partial charge on any atom is 0.220 e. The molecule has 0 nitrogen and oxygen atoms in total. The number of rotatable bonds is 4. The van der Waals surface area contributed by atoms with Gasteiger partial charge in [-0.3, -0.25) is 0 Å². The van der Waals surface area contributed by atoms with E-state index in [1.807, 2.05) is 11.3 Å². The van der Waals surface area contributed by atoms with Gasteiger partial charge in [0.1, 0.15) is 10.9 Å². The quantitative estimate of drug-likeness (QED) is 0.449. The Morgan fingerprint density at radius 2 is 1.33 bits per heavy atom. The summed E-state index contributed by atoms with van der Waals surface area (Å²) in [5.74, 6) is 0.792. The Bertz CT molecular complexity index is 715. The molecule has 1 aromatic heterocycles. The van der Waals surface area contributed by atoms with E-state index in [9.17, 15) is 0 Å². The summed E-state index contributed by atoms with van der Waals surface area (Å²) in [6.07, 6.45) is 6.98. The molecule has 0 aliphatic heterocycles. The van der Waals surface area contributed by atoms with Crippen molar-refractivity contribution >= 4 is 22.2 Å². The molecule has 0 atom stereocenters. The van der Waals surface area contributed by atoms with Crippen molar-refractivity contribution in [1.29, 1.82) is 0 Å². The second-order valence-corrected chi connectivity index (χ2v) is 9.63. The minimum Gasteiger partial charge on any atom is -0.0933 e. The highest BCUT2D eigenvalue weighted by molar-refractivity contribution is 7.98. The van der Waals surface area contributed by atoms with E-state index >= 15 is 0 Å². The summed E-state index contributed by atoms with van der Waals surface area (Å²) in [7, 11) is 0.0203. The Balaban J connectivity index is 1.70. The maximum absolute atomic E-state index is 2.50. The molecule has 1 aliphatic rings. The highest BCUT2D eigenvalue weighted by Gasteiger charge is 2.31. The summed E-state index contributed by atoms with van der Waals surface area (Å²) in [6, 6.07) is 24.5. The van der Waals surface area contributed by atoms with Gasteiger partial charge in [-0.2, -0.15) is 0 Å². The monoisotopic (exact) mass is 351 g/mol. The van der Waals surface area contributed by atoms with Crippen LogP contribution in [-0.4, -0.2) is 0 Å². The molecule has 0 amide bonds. The van der Waals surface area contributed by atoms with Crippen molar-refractivity contribution in [3.63, 3.8) is 0 Å². The molecule has 1 heterocycles. The molecule has 0 unspecified atom stereocenters. The summed E-state index contributed by atoms with van der Waals surface area (Å²) < 4.78 is 1.51. The molecule has 4 rings (SSSR count).